The van der Waals surface area contributed by atoms with Gasteiger partial charge in [0.05, 0.1) is 6.54 Å². The number of halogens is 1. The van der Waals surface area contributed by atoms with Crippen LogP contribution in [0.3, 0.4) is 0 Å². The Kier molecular flexibility index (Phi) is 2.96. The zero-order valence-electron chi connectivity index (χ0n) is 11.7. The lowest BCUT2D eigenvalue weighted by Crippen LogP contribution is -2.19. The van der Waals surface area contributed by atoms with Gasteiger partial charge >= 0.3 is 0 Å². The summed E-state index contributed by atoms with van der Waals surface area (Å²) in [6.07, 6.45) is 2.38. The molecule has 3 rings (SSSR count). The van der Waals surface area contributed by atoms with Crippen molar-refractivity contribution < 1.29 is 4.39 Å². The SMILES string of the molecule is CC(C)C1(Cn2nnnc2-c2cc(N)cc(F)c2)CC1. The van der Waals surface area contributed by atoms with Crippen molar-refractivity contribution in [3.8, 4) is 11.4 Å². The van der Waals surface area contributed by atoms with Crippen LogP contribution in [-0.2, 0) is 6.54 Å². The minimum Gasteiger partial charge on any atom is -0.399 e. The van der Waals surface area contributed by atoms with Crippen LogP contribution < -0.4 is 5.73 Å². The monoisotopic (exact) mass is 275 g/mol. The van der Waals surface area contributed by atoms with Crippen molar-refractivity contribution in [1.82, 2.24) is 20.2 Å². The highest BCUT2D eigenvalue weighted by atomic mass is 19.1. The van der Waals surface area contributed by atoms with E-state index in [-0.39, 0.29) is 11.2 Å². The van der Waals surface area contributed by atoms with Gasteiger partial charge in [0.15, 0.2) is 5.82 Å². The zero-order valence-corrected chi connectivity index (χ0v) is 11.7. The second-order valence-electron chi connectivity index (χ2n) is 5.95. The molecule has 0 saturated heterocycles. The molecule has 1 aliphatic carbocycles. The van der Waals surface area contributed by atoms with Crippen LogP contribution in [0.4, 0.5) is 10.1 Å². The van der Waals surface area contributed by atoms with E-state index in [0.717, 1.165) is 6.54 Å². The Morgan fingerprint density at radius 3 is 2.70 bits per heavy atom. The van der Waals surface area contributed by atoms with Crippen molar-refractivity contribution in [2.45, 2.75) is 33.2 Å². The van der Waals surface area contributed by atoms with Gasteiger partial charge in [-0.15, -0.1) is 5.10 Å². The van der Waals surface area contributed by atoms with Gasteiger partial charge in [-0.3, -0.25) is 0 Å². The van der Waals surface area contributed by atoms with Crippen LogP contribution in [-0.4, -0.2) is 20.2 Å². The molecule has 0 spiro atoms. The average molecular weight is 275 g/mol. The van der Waals surface area contributed by atoms with Crippen molar-refractivity contribution in [3.05, 3.63) is 24.0 Å². The van der Waals surface area contributed by atoms with Crippen LogP contribution in [0.1, 0.15) is 26.7 Å². The second-order valence-corrected chi connectivity index (χ2v) is 5.95. The van der Waals surface area contributed by atoms with Crippen LogP contribution in [0.5, 0.6) is 0 Å². The molecule has 6 heteroatoms. The van der Waals surface area contributed by atoms with Gasteiger partial charge < -0.3 is 5.73 Å². The quantitative estimate of drug-likeness (QED) is 0.870. The van der Waals surface area contributed by atoms with Gasteiger partial charge in [-0.1, -0.05) is 13.8 Å². The summed E-state index contributed by atoms with van der Waals surface area (Å²) in [5.74, 6) is 0.778. The number of hydrogen-bond donors (Lipinski definition) is 1. The number of benzene rings is 1. The van der Waals surface area contributed by atoms with E-state index in [0.29, 0.717) is 23.0 Å². The Balaban J connectivity index is 1.94. The standard InChI is InChI=1S/C14H18FN5/c1-9(2)14(3-4-14)8-20-13(17-18-19-20)10-5-11(15)7-12(16)6-10/h5-7,9H,3-4,8,16H2,1-2H3. The summed E-state index contributed by atoms with van der Waals surface area (Å²) in [5.41, 5.74) is 6.96. The van der Waals surface area contributed by atoms with Crippen molar-refractivity contribution in [1.29, 1.82) is 0 Å². The molecule has 1 heterocycles. The van der Waals surface area contributed by atoms with Gasteiger partial charge in [0.1, 0.15) is 5.82 Å². The predicted molar refractivity (Wildman–Crippen MR) is 74.1 cm³/mol. The minimum absolute atomic E-state index is 0.281. The molecule has 1 aromatic carbocycles. The van der Waals surface area contributed by atoms with E-state index >= 15 is 0 Å². The zero-order chi connectivity index (χ0) is 14.3. The number of nitrogen functional groups attached to an aromatic ring is 1. The first-order valence-electron chi connectivity index (χ1n) is 6.83. The number of rotatable bonds is 4. The van der Waals surface area contributed by atoms with Crippen molar-refractivity contribution in [2.75, 3.05) is 5.73 Å². The topological polar surface area (TPSA) is 69.6 Å². The molecule has 0 aliphatic heterocycles. The fraction of sp³-hybridized carbons (Fsp3) is 0.500. The first-order valence-corrected chi connectivity index (χ1v) is 6.83. The fourth-order valence-corrected chi connectivity index (χ4v) is 2.64. The van der Waals surface area contributed by atoms with Gasteiger partial charge in [0.2, 0.25) is 0 Å². The van der Waals surface area contributed by atoms with E-state index < -0.39 is 0 Å². The van der Waals surface area contributed by atoms with Crippen LogP contribution in [0, 0.1) is 17.2 Å². The lowest BCUT2D eigenvalue weighted by Gasteiger charge is -2.19. The van der Waals surface area contributed by atoms with Crippen LogP contribution in [0.25, 0.3) is 11.4 Å². The molecule has 2 N–H and O–H groups in total. The number of nitrogens with two attached hydrogens (primary N) is 1. The maximum absolute atomic E-state index is 13.5. The average Bonchev–Trinajstić information content (AvgIpc) is 2.99. The van der Waals surface area contributed by atoms with E-state index in [4.69, 9.17) is 5.73 Å². The minimum atomic E-state index is -0.375. The summed E-state index contributed by atoms with van der Waals surface area (Å²) < 4.78 is 15.2. The third-order valence-electron chi connectivity index (χ3n) is 4.29. The Labute approximate surface area is 117 Å². The summed E-state index contributed by atoms with van der Waals surface area (Å²) >= 11 is 0. The van der Waals surface area contributed by atoms with Crippen LogP contribution >= 0.6 is 0 Å². The molecule has 1 fully saturated rings. The molecule has 5 nitrogen and oxygen atoms in total. The highest BCUT2D eigenvalue weighted by Crippen LogP contribution is 2.53. The highest BCUT2D eigenvalue weighted by molar-refractivity contribution is 5.61. The van der Waals surface area contributed by atoms with E-state index in [9.17, 15) is 4.39 Å². The molecule has 0 unspecified atom stereocenters. The van der Waals surface area contributed by atoms with Gasteiger partial charge in [0.25, 0.3) is 0 Å². The molecule has 1 aromatic heterocycles. The predicted octanol–water partition coefficient (Wildman–Crippen LogP) is 2.50. The molecule has 1 aliphatic rings. The molecule has 1 saturated carbocycles. The van der Waals surface area contributed by atoms with Gasteiger partial charge in [-0.25, -0.2) is 9.07 Å². The van der Waals surface area contributed by atoms with E-state index in [1.165, 1.54) is 25.0 Å². The molecular formula is C14H18FN5. The number of aromatic nitrogens is 4. The van der Waals surface area contributed by atoms with E-state index in [2.05, 4.69) is 29.4 Å². The second kappa shape index (κ2) is 4.54. The highest BCUT2D eigenvalue weighted by Gasteiger charge is 2.46. The number of hydrogen-bond acceptors (Lipinski definition) is 4. The lowest BCUT2D eigenvalue weighted by molar-refractivity contribution is 0.294. The Bertz CT molecular complexity index is 610. The first-order chi connectivity index (χ1) is 9.50. The van der Waals surface area contributed by atoms with Crippen LogP contribution in [0.15, 0.2) is 18.2 Å². The fourth-order valence-electron chi connectivity index (χ4n) is 2.64. The summed E-state index contributed by atoms with van der Waals surface area (Å²) in [7, 11) is 0. The lowest BCUT2D eigenvalue weighted by atomic mass is 9.92. The molecule has 2 aromatic rings. The molecule has 0 bridgehead atoms. The van der Waals surface area contributed by atoms with Crippen molar-refractivity contribution >= 4 is 5.69 Å². The third kappa shape index (κ3) is 2.26. The van der Waals surface area contributed by atoms with E-state index in [1.54, 1.807) is 10.7 Å². The Morgan fingerprint density at radius 2 is 2.10 bits per heavy atom. The van der Waals surface area contributed by atoms with Crippen LogP contribution in [0.2, 0.25) is 0 Å². The Hall–Kier alpha value is -1.98. The summed E-state index contributed by atoms with van der Waals surface area (Å²) in [6, 6.07) is 4.39. The molecule has 20 heavy (non-hydrogen) atoms. The maximum Gasteiger partial charge on any atom is 0.182 e. The Morgan fingerprint density at radius 1 is 1.35 bits per heavy atom. The molecule has 0 radical (unpaired) electrons. The van der Waals surface area contributed by atoms with Gasteiger partial charge in [0, 0.05) is 11.3 Å². The largest absolute Gasteiger partial charge is 0.399 e. The van der Waals surface area contributed by atoms with Crippen molar-refractivity contribution in [2.24, 2.45) is 11.3 Å². The molecular weight excluding hydrogens is 257 g/mol. The number of anilines is 1. The summed E-state index contributed by atoms with van der Waals surface area (Å²) in [5, 5.41) is 11.8. The van der Waals surface area contributed by atoms with Crippen molar-refractivity contribution in [3.63, 3.8) is 0 Å². The molecule has 106 valence electrons. The third-order valence-corrected chi connectivity index (χ3v) is 4.29. The normalized spacial score (nSPS) is 16.6. The van der Waals surface area contributed by atoms with E-state index in [1.807, 2.05) is 0 Å². The summed E-state index contributed by atoms with van der Waals surface area (Å²) in [6.45, 7) is 5.21. The molecule has 0 atom stereocenters. The molecule has 0 amide bonds. The number of tetrazole rings is 1. The first kappa shape index (κ1) is 13.0. The van der Waals surface area contributed by atoms with Gasteiger partial charge in [-0.2, -0.15) is 0 Å². The van der Waals surface area contributed by atoms with Gasteiger partial charge in [-0.05, 0) is 52.8 Å². The number of nitrogens with zero attached hydrogens (tertiary/aromatic N) is 4. The maximum atomic E-state index is 13.5. The smallest absolute Gasteiger partial charge is 0.182 e. The summed E-state index contributed by atoms with van der Waals surface area (Å²) in [4.78, 5) is 0.